The van der Waals surface area contributed by atoms with Crippen molar-refractivity contribution < 1.29 is 0 Å². The third-order valence-corrected chi connectivity index (χ3v) is 6.34. The van der Waals surface area contributed by atoms with Crippen molar-refractivity contribution in [1.29, 1.82) is 0 Å². The van der Waals surface area contributed by atoms with Gasteiger partial charge in [-0.2, -0.15) is 0 Å². The summed E-state index contributed by atoms with van der Waals surface area (Å²) in [5.74, 6) is 0. The van der Waals surface area contributed by atoms with Crippen molar-refractivity contribution >= 4 is 116 Å². The molecule has 0 amide bonds. The molecule has 0 nitrogen and oxygen atoms in total. The van der Waals surface area contributed by atoms with Crippen molar-refractivity contribution in [2.75, 3.05) is 0 Å². The van der Waals surface area contributed by atoms with Crippen LogP contribution in [0.3, 0.4) is 0 Å². The van der Waals surface area contributed by atoms with Gasteiger partial charge in [0, 0.05) is 0 Å². The van der Waals surface area contributed by atoms with Crippen LogP contribution < -0.4 is 0 Å². The molecule has 0 radical (unpaired) electrons. The predicted molar refractivity (Wildman–Crippen MR) is 78.6 cm³/mol. The van der Waals surface area contributed by atoms with Gasteiger partial charge in [-0.1, -0.05) is 104 Å². The zero-order valence-electron chi connectivity index (χ0n) is 6.93. The van der Waals surface area contributed by atoms with Crippen LogP contribution in [0.2, 0.25) is 0 Å². The molecule has 0 saturated carbocycles. The van der Waals surface area contributed by atoms with Crippen LogP contribution in [0.4, 0.5) is 0 Å². The summed E-state index contributed by atoms with van der Waals surface area (Å²) < 4.78 is -6.56. The highest BCUT2D eigenvalue weighted by atomic mass is 35.6. The third kappa shape index (κ3) is 4.34. The minimum absolute atomic E-state index is 0.181. The molecule has 1 atom stereocenters. The van der Waals surface area contributed by atoms with E-state index in [2.05, 4.69) is 0 Å². The second-order valence-electron chi connectivity index (χ2n) is 2.55. The third-order valence-electron chi connectivity index (χ3n) is 1.39. The van der Waals surface area contributed by atoms with Gasteiger partial charge in [-0.3, -0.25) is 0 Å². The average molecular weight is 429 g/mol. The Morgan fingerprint density at radius 1 is 0.875 bits per heavy atom. The van der Waals surface area contributed by atoms with Crippen LogP contribution in [-0.4, -0.2) is 17.8 Å². The average Bonchev–Trinajstić information content (AvgIpc) is 2.00. The van der Waals surface area contributed by atoms with E-state index in [-0.39, 0.29) is 4.49 Å². The van der Waals surface area contributed by atoms with E-state index < -0.39 is 17.8 Å². The van der Waals surface area contributed by atoms with Gasteiger partial charge in [0.2, 0.25) is 3.79 Å². The molecule has 0 saturated heterocycles. The molecule has 0 N–H and O–H groups in total. The summed E-state index contributed by atoms with van der Waals surface area (Å²) in [5.41, 5.74) is 0. The van der Waals surface area contributed by atoms with E-state index in [4.69, 9.17) is 116 Å². The maximum atomic E-state index is 5.86. The van der Waals surface area contributed by atoms with Crippen molar-refractivity contribution in [2.45, 2.75) is 17.8 Å². The van der Waals surface area contributed by atoms with E-state index in [0.29, 0.717) is 0 Å². The van der Waals surface area contributed by atoms with Crippen LogP contribution in [0.5, 0.6) is 0 Å². The molecule has 0 aromatic rings. The minimum atomic E-state index is -2.18. The normalized spacial score (nSPS) is 15.9. The molecule has 0 aliphatic carbocycles. The van der Waals surface area contributed by atoms with Crippen LogP contribution in [0, 0.1) is 0 Å². The molecule has 0 rings (SSSR count). The molecule has 0 bridgehead atoms. The maximum Gasteiger partial charge on any atom is 0.226 e. The molecule has 0 aromatic heterocycles. The summed E-state index contributed by atoms with van der Waals surface area (Å²) in [5, 5.41) is -1.17. The first-order chi connectivity index (χ1) is 6.84. The Balaban J connectivity index is 5.27. The van der Waals surface area contributed by atoms with Gasteiger partial charge in [0.1, 0.15) is 4.49 Å². The Bertz CT molecular complexity index is 270. The zero-order chi connectivity index (χ0) is 13.4. The summed E-state index contributed by atoms with van der Waals surface area (Å²) in [4.78, 5) is 0. The number of rotatable bonds is 3. The fourth-order valence-electron chi connectivity index (χ4n) is 0.577. The van der Waals surface area contributed by atoms with Crippen molar-refractivity contribution in [2.24, 2.45) is 0 Å². The topological polar surface area (TPSA) is 0 Å². The molecule has 0 aliphatic rings. The van der Waals surface area contributed by atoms with Crippen LogP contribution in [0.25, 0.3) is 0 Å². The van der Waals surface area contributed by atoms with Crippen LogP contribution in [0.15, 0.2) is 10.6 Å². The molecule has 0 fully saturated rings. The van der Waals surface area contributed by atoms with Crippen LogP contribution in [-0.2, 0) is 0 Å². The predicted octanol–water partition coefficient (Wildman–Crippen LogP) is 6.63. The van der Waals surface area contributed by atoms with Gasteiger partial charge >= 0.3 is 0 Å². The smallest absolute Gasteiger partial charge is 0.115 e. The van der Waals surface area contributed by atoms with E-state index in [0.717, 1.165) is 6.08 Å². The van der Waals surface area contributed by atoms with Gasteiger partial charge in [-0.05, 0) is 6.08 Å². The monoisotopic (exact) mass is 424 g/mol. The molecule has 96 valence electrons. The van der Waals surface area contributed by atoms with Gasteiger partial charge in [-0.15, -0.1) is 11.6 Å². The molecular weight excluding hydrogens is 427 g/mol. The van der Waals surface area contributed by atoms with E-state index in [1.165, 1.54) is 0 Å². The lowest BCUT2D eigenvalue weighted by Crippen LogP contribution is -2.51. The fraction of sp³-hybridized carbons (Fsp3) is 0.667. The highest BCUT2D eigenvalue weighted by Crippen LogP contribution is 2.58. The summed E-state index contributed by atoms with van der Waals surface area (Å²) in [6.07, 6.45) is 1.10. The number of hydrogen-bond acceptors (Lipinski definition) is 0. The lowest BCUT2D eigenvalue weighted by Gasteiger charge is -2.39. The van der Waals surface area contributed by atoms with Crippen molar-refractivity contribution in [3.63, 3.8) is 0 Å². The Hall–Kier alpha value is 2.64. The number of hydrogen-bond donors (Lipinski definition) is 0. The summed E-state index contributed by atoms with van der Waals surface area (Å²) in [6, 6.07) is 0. The lowest BCUT2D eigenvalue weighted by molar-refractivity contribution is 0.673. The summed E-state index contributed by atoms with van der Waals surface area (Å²) >= 11 is 56.5. The second kappa shape index (κ2) is 6.39. The van der Waals surface area contributed by atoms with Crippen LogP contribution >= 0.6 is 116 Å². The highest BCUT2D eigenvalue weighted by molar-refractivity contribution is 6.79. The Kier molecular flexibility index (Phi) is 7.45. The Morgan fingerprint density at radius 2 is 1.25 bits per heavy atom. The van der Waals surface area contributed by atoms with E-state index in [9.17, 15) is 0 Å². The van der Waals surface area contributed by atoms with Crippen molar-refractivity contribution in [3.8, 4) is 0 Å². The first kappa shape index (κ1) is 18.6. The first-order valence-electron chi connectivity index (χ1n) is 3.33. The second-order valence-corrected chi connectivity index (χ2v) is 9.03. The largest absolute Gasteiger partial charge is 0.226 e. The SMILES string of the molecule is ClC(Cl)=CC(Cl)C(Cl)(Cl)C(Cl)(Cl)C(Cl)(Cl)Cl. The Morgan fingerprint density at radius 3 is 1.50 bits per heavy atom. The fourth-order valence-corrected chi connectivity index (χ4v) is 2.74. The maximum absolute atomic E-state index is 5.86. The number of halogens is 10. The zero-order valence-corrected chi connectivity index (χ0v) is 14.5. The van der Waals surface area contributed by atoms with E-state index >= 15 is 0 Å². The molecule has 0 spiro atoms. The summed E-state index contributed by atoms with van der Waals surface area (Å²) in [7, 11) is 0. The van der Waals surface area contributed by atoms with Gasteiger partial charge < -0.3 is 0 Å². The van der Waals surface area contributed by atoms with Crippen molar-refractivity contribution in [3.05, 3.63) is 10.6 Å². The standard InChI is InChI=1S/C6H2Cl10/c7-2(1-3(8)9)4(10,11)5(12,13)6(14,15)16/h1-2H. The number of allylic oxidation sites excluding steroid dienone is 1. The molecule has 1 unspecified atom stereocenters. The molecule has 0 aliphatic heterocycles. The minimum Gasteiger partial charge on any atom is -0.115 e. The van der Waals surface area contributed by atoms with Gasteiger partial charge in [0.25, 0.3) is 0 Å². The van der Waals surface area contributed by atoms with Gasteiger partial charge in [0.05, 0.1) is 5.38 Å². The van der Waals surface area contributed by atoms with Gasteiger partial charge in [-0.25, -0.2) is 0 Å². The first-order valence-corrected chi connectivity index (χ1v) is 7.17. The molecule has 0 heterocycles. The van der Waals surface area contributed by atoms with Crippen molar-refractivity contribution in [1.82, 2.24) is 0 Å². The highest BCUT2D eigenvalue weighted by Gasteiger charge is 2.62. The summed E-state index contributed by atoms with van der Waals surface area (Å²) in [6.45, 7) is 0. The lowest BCUT2D eigenvalue weighted by atomic mass is 10.2. The van der Waals surface area contributed by atoms with E-state index in [1.54, 1.807) is 0 Å². The Labute approximate surface area is 143 Å². The molecule has 16 heavy (non-hydrogen) atoms. The number of alkyl halides is 8. The quantitative estimate of drug-likeness (QED) is 0.443. The van der Waals surface area contributed by atoms with E-state index in [1.807, 2.05) is 0 Å². The van der Waals surface area contributed by atoms with Crippen LogP contribution in [0.1, 0.15) is 0 Å². The van der Waals surface area contributed by atoms with Gasteiger partial charge in [0.15, 0.2) is 8.67 Å². The molecule has 10 heteroatoms. The molecule has 0 aromatic carbocycles. The molecular formula is C6H2Cl10.